The Hall–Kier alpha value is -1.22. The van der Waals surface area contributed by atoms with Crippen LogP contribution in [0.4, 0.5) is 0 Å². The molecule has 0 aliphatic carbocycles. The highest BCUT2D eigenvalue weighted by Gasteiger charge is 2.21. The number of hydrogen-bond acceptors (Lipinski definition) is 3. The van der Waals surface area contributed by atoms with E-state index in [-0.39, 0.29) is 0 Å². The number of ketones is 1. The molecule has 1 aliphatic rings. The van der Waals surface area contributed by atoms with Crippen LogP contribution in [0.1, 0.15) is 18.5 Å². The van der Waals surface area contributed by atoms with E-state index < -0.39 is 0 Å². The molecule has 3 nitrogen and oxygen atoms in total. The molecule has 86 valence electrons. The number of aromatic nitrogens is 1. The first-order valence-corrected chi connectivity index (χ1v) is 5.84. The maximum atomic E-state index is 11.8. The van der Waals surface area contributed by atoms with Crippen molar-refractivity contribution in [1.29, 1.82) is 0 Å². The molecule has 1 atom stereocenters. The molecular weight excluding hydrogens is 200 g/mol. The van der Waals surface area contributed by atoms with Crippen LogP contribution in [0.5, 0.6) is 0 Å². The zero-order valence-electron chi connectivity index (χ0n) is 9.72. The van der Waals surface area contributed by atoms with E-state index in [4.69, 9.17) is 0 Å². The number of carbonyl (C=O) groups is 1. The molecule has 0 unspecified atom stereocenters. The van der Waals surface area contributed by atoms with Gasteiger partial charge in [-0.15, -0.1) is 0 Å². The smallest absolute Gasteiger partial charge is 0.139 e. The van der Waals surface area contributed by atoms with Crippen LogP contribution in [0, 0.1) is 5.92 Å². The van der Waals surface area contributed by atoms with Crippen LogP contribution in [-0.4, -0.2) is 35.8 Å². The third kappa shape index (κ3) is 3.14. The molecule has 0 bridgehead atoms. The van der Waals surface area contributed by atoms with Crippen molar-refractivity contribution in [1.82, 2.24) is 9.88 Å². The summed E-state index contributed by atoms with van der Waals surface area (Å²) in [5.74, 6) is 0.875. The molecule has 1 aromatic rings. The summed E-state index contributed by atoms with van der Waals surface area (Å²) >= 11 is 0. The molecule has 2 rings (SSSR count). The van der Waals surface area contributed by atoms with E-state index in [1.807, 2.05) is 18.2 Å². The zero-order chi connectivity index (χ0) is 11.4. The highest BCUT2D eigenvalue weighted by molar-refractivity contribution is 5.80. The average molecular weight is 218 g/mol. The molecule has 0 radical (unpaired) electrons. The predicted octanol–water partition coefficient (Wildman–Crippen LogP) is 1.53. The first kappa shape index (κ1) is 11.3. The molecule has 1 fully saturated rings. The van der Waals surface area contributed by atoms with Gasteiger partial charge in [0.05, 0.1) is 0 Å². The summed E-state index contributed by atoms with van der Waals surface area (Å²) in [5, 5.41) is 0. The molecule has 1 aliphatic heterocycles. The van der Waals surface area contributed by atoms with Gasteiger partial charge in [-0.05, 0) is 38.1 Å². The summed E-state index contributed by atoms with van der Waals surface area (Å²) in [4.78, 5) is 18.3. The van der Waals surface area contributed by atoms with E-state index in [2.05, 4.69) is 16.9 Å². The van der Waals surface area contributed by atoms with Gasteiger partial charge in [-0.3, -0.25) is 9.78 Å². The summed E-state index contributed by atoms with van der Waals surface area (Å²) < 4.78 is 0. The number of hydrogen-bond donors (Lipinski definition) is 0. The van der Waals surface area contributed by atoms with Gasteiger partial charge in [0.2, 0.25) is 0 Å². The monoisotopic (exact) mass is 218 g/mol. The summed E-state index contributed by atoms with van der Waals surface area (Å²) in [6, 6.07) is 5.72. The Morgan fingerprint density at radius 1 is 1.56 bits per heavy atom. The zero-order valence-corrected chi connectivity index (χ0v) is 9.72. The van der Waals surface area contributed by atoms with Gasteiger partial charge < -0.3 is 4.90 Å². The number of rotatable bonds is 4. The van der Waals surface area contributed by atoms with Crippen molar-refractivity contribution in [3.8, 4) is 0 Å². The number of Topliss-reactive ketones (excluding diaryl/α,β-unsaturated/α-hetero) is 1. The number of nitrogens with zero attached hydrogens (tertiary/aromatic N) is 2. The topological polar surface area (TPSA) is 33.2 Å². The fourth-order valence-corrected chi connectivity index (χ4v) is 2.29. The van der Waals surface area contributed by atoms with Crippen molar-refractivity contribution >= 4 is 5.78 Å². The minimum absolute atomic E-state index is 0.319. The Morgan fingerprint density at radius 2 is 2.44 bits per heavy atom. The van der Waals surface area contributed by atoms with Crippen LogP contribution in [0.25, 0.3) is 0 Å². The largest absolute Gasteiger partial charge is 0.306 e. The normalized spacial score (nSPS) is 21.2. The molecule has 16 heavy (non-hydrogen) atoms. The standard InChI is InChI=1S/C13H18N2O/c1-15-7-5-11(10-15)8-13(16)9-12-4-2-3-6-14-12/h2-4,6,11H,5,7-10H2,1H3/t11-/m0/s1. The van der Waals surface area contributed by atoms with E-state index in [0.717, 1.165) is 25.2 Å². The Labute approximate surface area is 96.5 Å². The van der Waals surface area contributed by atoms with Gasteiger partial charge in [-0.25, -0.2) is 0 Å². The van der Waals surface area contributed by atoms with Crippen molar-refractivity contribution in [2.75, 3.05) is 20.1 Å². The van der Waals surface area contributed by atoms with Gasteiger partial charge in [0, 0.05) is 31.3 Å². The van der Waals surface area contributed by atoms with Crippen LogP contribution in [0.15, 0.2) is 24.4 Å². The minimum Gasteiger partial charge on any atom is -0.306 e. The quantitative estimate of drug-likeness (QED) is 0.768. The SMILES string of the molecule is CN1CC[C@@H](CC(=O)Cc2ccccn2)C1. The highest BCUT2D eigenvalue weighted by Crippen LogP contribution is 2.18. The summed E-state index contributed by atoms with van der Waals surface area (Å²) in [6.45, 7) is 2.19. The molecule has 0 saturated carbocycles. The lowest BCUT2D eigenvalue weighted by molar-refractivity contribution is -0.119. The number of pyridine rings is 1. The lowest BCUT2D eigenvalue weighted by Crippen LogP contribution is -2.16. The summed E-state index contributed by atoms with van der Waals surface area (Å²) in [7, 11) is 2.11. The van der Waals surface area contributed by atoms with Gasteiger partial charge >= 0.3 is 0 Å². The Bertz CT molecular complexity index is 350. The summed E-state index contributed by atoms with van der Waals surface area (Å²) in [5.41, 5.74) is 0.888. The molecule has 2 heterocycles. The van der Waals surface area contributed by atoms with E-state index in [0.29, 0.717) is 24.5 Å². The first-order chi connectivity index (χ1) is 7.74. The fraction of sp³-hybridized carbons (Fsp3) is 0.538. The third-order valence-electron chi connectivity index (χ3n) is 3.11. The predicted molar refractivity (Wildman–Crippen MR) is 63.2 cm³/mol. The van der Waals surface area contributed by atoms with Crippen LogP contribution in [0.3, 0.4) is 0 Å². The van der Waals surface area contributed by atoms with E-state index in [9.17, 15) is 4.79 Å². The second kappa shape index (κ2) is 5.21. The van der Waals surface area contributed by atoms with Gasteiger partial charge in [0.25, 0.3) is 0 Å². The average Bonchev–Trinajstić information content (AvgIpc) is 2.65. The second-order valence-electron chi connectivity index (χ2n) is 4.66. The van der Waals surface area contributed by atoms with Crippen molar-refractivity contribution in [3.63, 3.8) is 0 Å². The maximum Gasteiger partial charge on any atom is 0.139 e. The fourth-order valence-electron chi connectivity index (χ4n) is 2.29. The van der Waals surface area contributed by atoms with Crippen molar-refractivity contribution in [2.45, 2.75) is 19.3 Å². The molecule has 1 aromatic heterocycles. The molecule has 0 amide bonds. The van der Waals surface area contributed by atoms with Gasteiger partial charge in [0.1, 0.15) is 5.78 Å². The van der Waals surface area contributed by atoms with Gasteiger partial charge in [0.15, 0.2) is 0 Å². The maximum absolute atomic E-state index is 11.8. The Morgan fingerprint density at radius 3 is 3.06 bits per heavy atom. The Kier molecular flexibility index (Phi) is 3.67. The van der Waals surface area contributed by atoms with Crippen LogP contribution < -0.4 is 0 Å². The van der Waals surface area contributed by atoms with Crippen LogP contribution in [0.2, 0.25) is 0 Å². The van der Waals surface area contributed by atoms with Crippen molar-refractivity contribution < 1.29 is 4.79 Å². The van der Waals surface area contributed by atoms with Crippen LogP contribution >= 0.6 is 0 Å². The van der Waals surface area contributed by atoms with Gasteiger partial charge in [-0.2, -0.15) is 0 Å². The number of carbonyl (C=O) groups excluding carboxylic acids is 1. The Balaban J connectivity index is 1.81. The summed E-state index contributed by atoms with van der Waals surface area (Å²) in [6.07, 6.45) is 4.10. The highest BCUT2D eigenvalue weighted by atomic mass is 16.1. The third-order valence-corrected chi connectivity index (χ3v) is 3.11. The number of likely N-dealkylation sites (tertiary alicyclic amines) is 1. The van der Waals surface area contributed by atoms with Crippen molar-refractivity contribution in [2.24, 2.45) is 5.92 Å². The molecule has 1 saturated heterocycles. The first-order valence-electron chi connectivity index (χ1n) is 5.84. The van der Waals surface area contributed by atoms with E-state index in [1.54, 1.807) is 6.20 Å². The van der Waals surface area contributed by atoms with Gasteiger partial charge in [-0.1, -0.05) is 6.07 Å². The molecule has 3 heteroatoms. The minimum atomic E-state index is 0.319. The van der Waals surface area contributed by atoms with E-state index >= 15 is 0 Å². The van der Waals surface area contributed by atoms with E-state index in [1.165, 1.54) is 0 Å². The molecule has 0 N–H and O–H groups in total. The lowest BCUT2D eigenvalue weighted by atomic mass is 9.99. The van der Waals surface area contributed by atoms with Crippen LogP contribution in [-0.2, 0) is 11.2 Å². The second-order valence-corrected chi connectivity index (χ2v) is 4.66. The lowest BCUT2D eigenvalue weighted by Gasteiger charge is -2.09. The molecule has 0 spiro atoms. The molecular formula is C13H18N2O. The molecule has 0 aromatic carbocycles. The van der Waals surface area contributed by atoms with Crippen molar-refractivity contribution in [3.05, 3.63) is 30.1 Å².